The molecule has 96 valence electrons. The summed E-state index contributed by atoms with van der Waals surface area (Å²) in [6, 6.07) is 1.74. The summed E-state index contributed by atoms with van der Waals surface area (Å²) in [5.41, 5.74) is 0. The van der Waals surface area contributed by atoms with E-state index in [1.165, 1.54) is 19.2 Å². The third-order valence-corrected chi connectivity index (χ3v) is 3.50. The topological polar surface area (TPSA) is 55.3 Å². The van der Waals surface area contributed by atoms with E-state index in [0.717, 1.165) is 19.4 Å². The summed E-state index contributed by atoms with van der Waals surface area (Å²) < 4.78 is 5.73. The van der Waals surface area contributed by atoms with Crippen LogP contribution in [0.3, 0.4) is 0 Å². The maximum atomic E-state index is 11.9. The van der Waals surface area contributed by atoms with E-state index >= 15 is 0 Å². The van der Waals surface area contributed by atoms with Crippen molar-refractivity contribution in [1.29, 1.82) is 0 Å². The minimum absolute atomic E-state index is 0.0723. The highest BCUT2D eigenvalue weighted by atomic mass is 16.5. The minimum atomic E-state index is 0.0723. The average molecular weight is 247 g/mol. The van der Waals surface area contributed by atoms with Gasteiger partial charge in [-0.05, 0) is 18.8 Å². The van der Waals surface area contributed by atoms with E-state index in [4.69, 9.17) is 4.74 Å². The van der Waals surface area contributed by atoms with Crippen LogP contribution in [-0.2, 0) is 4.79 Å². The molecule has 0 radical (unpaired) electrons. The van der Waals surface area contributed by atoms with E-state index in [-0.39, 0.29) is 12.0 Å². The Bertz CT molecular complexity index is 420. The Morgan fingerprint density at radius 2 is 2.33 bits per heavy atom. The number of carbonyl (C=O) groups is 1. The number of aromatic nitrogens is 2. The summed E-state index contributed by atoms with van der Waals surface area (Å²) in [7, 11) is 0. The zero-order chi connectivity index (χ0) is 12.4. The van der Waals surface area contributed by atoms with Gasteiger partial charge in [0.05, 0.1) is 6.54 Å². The number of amides is 1. The predicted octanol–water partition coefficient (Wildman–Crippen LogP) is 1.26. The Balaban J connectivity index is 1.50. The van der Waals surface area contributed by atoms with Crippen molar-refractivity contribution in [3.05, 3.63) is 18.6 Å². The molecule has 2 aliphatic rings. The Hall–Kier alpha value is -1.65. The highest BCUT2D eigenvalue weighted by Gasteiger charge is 2.31. The summed E-state index contributed by atoms with van der Waals surface area (Å²) in [6.45, 7) is 1.50. The van der Waals surface area contributed by atoms with Crippen LogP contribution in [0.1, 0.15) is 25.7 Å². The first kappa shape index (κ1) is 11.4. The fourth-order valence-corrected chi connectivity index (χ4v) is 2.27. The fourth-order valence-electron chi connectivity index (χ4n) is 2.27. The maximum Gasteiger partial charge on any atom is 0.222 e. The van der Waals surface area contributed by atoms with Gasteiger partial charge in [0.1, 0.15) is 12.4 Å². The number of nitrogens with zero attached hydrogens (tertiary/aromatic N) is 3. The second kappa shape index (κ2) is 4.92. The van der Waals surface area contributed by atoms with Gasteiger partial charge >= 0.3 is 0 Å². The van der Waals surface area contributed by atoms with E-state index in [0.29, 0.717) is 18.3 Å². The molecule has 1 aromatic rings. The van der Waals surface area contributed by atoms with Crippen molar-refractivity contribution in [3.63, 3.8) is 0 Å². The predicted molar refractivity (Wildman–Crippen MR) is 65.0 cm³/mol. The molecule has 1 aliphatic carbocycles. The fraction of sp³-hybridized carbons (Fsp3) is 0.615. The molecular formula is C13H17N3O2. The maximum absolute atomic E-state index is 11.9. The first-order chi connectivity index (χ1) is 8.81. The molecule has 5 heteroatoms. The van der Waals surface area contributed by atoms with E-state index < -0.39 is 0 Å². The van der Waals surface area contributed by atoms with Crippen LogP contribution >= 0.6 is 0 Å². The van der Waals surface area contributed by atoms with Gasteiger partial charge in [-0.15, -0.1) is 0 Å². The van der Waals surface area contributed by atoms with Crippen molar-refractivity contribution in [1.82, 2.24) is 14.9 Å². The summed E-state index contributed by atoms with van der Waals surface area (Å²) in [6.07, 6.45) is 7.26. The van der Waals surface area contributed by atoms with Crippen molar-refractivity contribution < 1.29 is 9.53 Å². The lowest BCUT2D eigenvalue weighted by molar-refractivity contribution is -0.130. The van der Waals surface area contributed by atoms with Gasteiger partial charge in [0.15, 0.2) is 0 Å². The third kappa shape index (κ3) is 2.78. The number of likely N-dealkylation sites (tertiary alicyclic amines) is 1. The van der Waals surface area contributed by atoms with Crippen LogP contribution in [-0.4, -0.2) is 40.0 Å². The lowest BCUT2D eigenvalue weighted by atomic mass is 10.2. The zero-order valence-electron chi connectivity index (χ0n) is 10.3. The first-order valence-electron chi connectivity index (χ1n) is 6.52. The van der Waals surface area contributed by atoms with Crippen molar-refractivity contribution in [3.8, 4) is 5.88 Å². The van der Waals surface area contributed by atoms with Crippen molar-refractivity contribution >= 4 is 5.91 Å². The Morgan fingerprint density at radius 1 is 1.44 bits per heavy atom. The molecule has 0 unspecified atom stereocenters. The van der Waals surface area contributed by atoms with Crippen LogP contribution in [0, 0.1) is 5.92 Å². The van der Waals surface area contributed by atoms with Gasteiger partial charge in [-0.1, -0.05) is 0 Å². The molecule has 2 fully saturated rings. The lowest BCUT2D eigenvalue weighted by Gasteiger charge is -2.16. The Morgan fingerprint density at radius 3 is 3.06 bits per heavy atom. The molecule has 0 spiro atoms. The second-order valence-electron chi connectivity index (χ2n) is 5.06. The van der Waals surface area contributed by atoms with Crippen LogP contribution in [0.4, 0.5) is 0 Å². The molecule has 1 saturated heterocycles. The van der Waals surface area contributed by atoms with Gasteiger partial charge in [0, 0.05) is 31.6 Å². The molecule has 0 aromatic carbocycles. The standard InChI is InChI=1S/C13H17N3O2/c17-13(7-10-1-2-10)16-6-4-11(8-16)18-12-3-5-14-9-15-12/h3,5,9-11H,1-2,4,6-8H2/t11-/m0/s1. The molecular weight excluding hydrogens is 230 g/mol. The van der Waals surface area contributed by atoms with Gasteiger partial charge in [0.2, 0.25) is 11.8 Å². The summed E-state index contributed by atoms with van der Waals surface area (Å²) >= 11 is 0. The van der Waals surface area contributed by atoms with E-state index in [2.05, 4.69) is 9.97 Å². The van der Waals surface area contributed by atoms with E-state index in [9.17, 15) is 4.79 Å². The van der Waals surface area contributed by atoms with Crippen LogP contribution in [0.15, 0.2) is 18.6 Å². The highest BCUT2D eigenvalue weighted by molar-refractivity contribution is 5.77. The van der Waals surface area contributed by atoms with Crippen molar-refractivity contribution in [2.45, 2.75) is 31.8 Å². The van der Waals surface area contributed by atoms with Gasteiger partial charge in [-0.2, -0.15) is 0 Å². The van der Waals surface area contributed by atoms with Crippen LogP contribution in [0.2, 0.25) is 0 Å². The molecule has 18 heavy (non-hydrogen) atoms. The normalized spacial score (nSPS) is 23.1. The molecule has 1 aromatic heterocycles. The number of ether oxygens (including phenoxy) is 1. The number of hydrogen-bond donors (Lipinski definition) is 0. The molecule has 1 amide bonds. The number of hydrogen-bond acceptors (Lipinski definition) is 4. The van der Waals surface area contributed by atoms with E-state index in [1.54, 1.807) is 12.3 Å². The summed E-state index contributed by atoms with van der Waals surface area (Å²) in [5, 5.41) is 0. The summed E-state index contributed by atoms with van der Waals surface area (Å²) in [5.74, 6) is 1.53. The number of rotatable bonds is 4. The molecule has 1 saturated carbocycles. The molecule has 1 atom stereocenters. The zero-order valence-corrected chi connectivity index (χ0v) is 10.3. The quantitative estimate of drug-likeness (QED) is 0.803. The molecule has 3 rings (SSSR count). The smallest absolute Gasteiger partial charge is 0.222 e. The second-order valence-corrected chi connectivity index (χ2v) is 5.06. The van der Waals surface area contributed by atoms with Gasteiger partial charge in [-0.3, -0.25) is 4.79 Å². The van der Waals surface area contributed by atoms with Crippen LogP contribution < -0.4 is 4.74 Å². The Labute approximate surface area is 106 Å². The highest BCUT2D eigenvalue weighted by Crippen LogP contribution is 2.33. The number of carbonyl (C=O) groups excluding carboxylic acids is 1. The lowest BCUT2D eigenvalue weighted by Crippen LogP contribution is -2.31. The molecule has 0 bridgehead atoms. The molecule has 1 aliphatic heterocycles. The van der Waals surface area contributed by atoms with Crippen LogP contribution in [0.5, 0.6) is 5.88 Å². The van der Waals surface area contributed by atoms with Gasteiger partial charge in [0.25, 0.3) is 0 Å². The SMILES string of the molecule is O=C(CC1CC1)N1CC[C@H](Oc2ccncn2)C1. The third-order valence-electron chi connectivity index (χ3n) is 3.50. The van der Waals surface area contributed by atoms with Gasteiger partial charge in [-0.25, -0.2) is 9.97 Å². The average Bonchev–Trinajstić information content (AvgIpc) is 3.07. The summed E-state index contributed by atoms with van der Waals surface area (Å²) in [4.78, 5) is 21.7. The molecule has 0 N–H and O–H groups in total. The first-order valence-corrected chi connectivity index (χ1v) is 6.52. The Kier molecular flexibility index (Phi) is 3.13. The van der Waals surface area contributed by atoms with Crippen LogP contribution in [0.25, 0.3) is 0 Å². The largest absolute Gasteiger partial charge is 0.472 e. The van der Waals surface area contributed by atoms with Crippen molar-refractivity contribution in [2.24, 2.45) is 5.92 Å². The minimum Gasteiger partial charge on any atom is -0.472 e. The monoisotopic (exact) mass is 247 g/mol. The van der Waals surface area contributed by atoms with Gasteiger partial charge < -0.3 is 9.64 Å². The molecule has 2 heterocycles. The molecule has 5 nitrogen and oxygen atoms in total. The van der Waals surface area contributed by atoms with E-state index in [1.807, 2.05) is 4.90 Å². The van der Waals surface area contributed by atoms with Crippen molar-refractivity contribution in [2.75, 3.05) is 13.1 Å².